The zero-order chi connectivity index (χ0) is 15.9. The first-order valence-corrected chi connectivity index (χ1v) is 8.14. The minimum absolute atomic E-state index is 0.865. The van der Waals surface area contributed by atoms with Crippen molar-refractivity contribution in [1.29, 1.82) is 0 Å². The average Bonchev–Trinajstić information content (AvgIpc) is 2.62. The summed E-state index contributed by atoms with van der Waals surface area (Å²) in [5.41, 5.74) is 2.43. The van der Waals surface area contributed by atoms with Gasteiger partial charge in [0, 0.05) is 11.1 Å². The van der Waals surface area contributed by atoms with Crippen molar-refractivity contribution in [2.45, 2.75) is 6.54 Å². The summed E-state index contributed by atoms with van der Waals surface area (Å²) in [5, 5.41) is 6.77. The number of nitrogens with one attached hydrogen (secondary N) is 1. The Bertz CT molecular complexity index is 634. The smallest absolute Gasteiger partial charge is 0.127 e. The number of hydrogen-bond donors (Lipinski definition) is 1. The highest BCUT2D eigenvalue weighted by Crippen LogP contribution is 2.14. The molecule has 1 aliphatic heterocycles. The maximum Gasteiger partial charge on any atom is 0.127 e. The van der Waals surface area contributed by atoms with Crippen molar-refractivity contribution in [3.63, 3.8) is 0 Å². The van der Waals surface area contributed by atoms with Crippen LogP contribution in [0.5, 0.6) is 5.75 Å². The fourth-order valence-corrected chi connectivity index (χ4v) is 2.90. The molecule has 0 spiro atoms. The lowest BCUT2D eigenvalue weighted by atomic mass is 10.2. The minimum Gasteiger partial charge on any atom is -0.496 e. The third-order valence-electron chi connectivity index (χ3n) is 4.24. The lowest BCUT2D eigenvalue weighted by Gasteiger charge is -2.30. The second kappa shape index (κ2) is 7.79. The topological polar surface area (TPSA) is 29.3 Å². The van der Waals surface area contributed by atoms with Gasteiger partial charge in [0.05, 0.1) is 39.5 Å². The standard InChI is InChI=1S/C19H23N3O/c1-23-19-10-6-5-9-18(19)15-20-22-13-11-21(12-14-22)16-17-7-3-2-4-8-17/h2-10,15H,11-14,16H2,1H3/p+1. The van der Waals surface area contributed by atoms with E-state index in [0.717, 1.165) is 44.0 Å². The first-order chi connectivity index (χ1) is 11.3. The Hall–Kier alpha value is -2.33. The van der Waals surface area contributed by atoms with Crippen molar-refractivity contribution in [3.05, 3.63) is 65.7 Å². The van der Waals surface area contributed by atoms with Gasteiger partial charge in [0.1, 0.15) is 12.3 Å². The zero-order valence-corrected chi connectivity index (χ0v) is 13.6. The molecule has 0 bridgehead atoms. The second-order valence-electron chi connectivity index (χ2n) is 5.85. The Balaban J connectivity index is 1.52. The molecule has 0 aromatic heterocycles. The highest BCUT2D eigenvalue weighted by molar-refractivity contribution is 5.83. The van der Waals surface area contributed by atoms with Crippen LogP contribution in [-0.4, -0.2) is 44.5 Å². The molecule has 23 heavy (non-hydrogen) atoms. The molecule has 1 N–H and O–H groups in total. The first kappa shape index (κ1) is 15.6. The number of ether oxygens (including phenoxy) is 1. The van der Waals surface area contributed by atoms with E-state index in [1.807, 2.05) is 30.5 Å². The van der Waals surface area contributed by atoms with Crippen molar-refractivity contribution < 1.29 is 9.64 Å². The molecule has 0 aliphatic carbocycles. The van der Waals surface area contributed by atoms with Gasteiger partial charge >= 0.3 is 0 Å². The molecule has 2 aromatic rings. The number of benzene rings is 2. The van der Waals surface area contributed by atoms with E-state index >= 15 is 0 Å². The van der Waals surface area contributed by atoms with E-state index < -0.39 is 0 Å². The van der Waals surface area contributed by atoms with Crippen molar-refractivity contribution in [1.82, 2.24) is 5.01 Å². The number of methoxy groups -OCH3 is 1. The van der Waals surface area contributed by atoms with Gasteiger partial charge in [0.25, 0.3) is 0 Å². The summed E-state index contributed by atoms with van der Waals surface area (Å²) >= 11 is 0. The molecule has 1 aliphatic rings. The third-order valence-corrected chi connectivity index (χ3v) is 4.24. The molecule has 3 rings (SSSR count). The molecule has 4 heteroatoms. The molecular formula is C19H24N3O+. The summed E-state index contributed by atoms with van der Waals surface area (Å²) < 4.78 is 5.35. The van der Waals surface area contributed by atoms with Crippen LogP contribution in [-0.2, 0) is 6.54 Å². The monoisotopic (exact) mass is 310 g/mol. The highest BCUT2D eigenvalue weighted by Gasteiger charge is 2.18. The SMILES string of the molecule is COc1ccccc1C=NN1CC[NH+](Cc2ccccc2)CC1. The molecule has 0 saturated carbocycles. The Morgan fingerprint density at radius 1 is 1.04 bits per heavy atom. The summed E-state index contributed by atoms with van der Waals surface area (Å²) in [6.07, 6.45) is 1.90. The maximum absolute atomic E-state index is 5.35. The van der Waals surface area contributed by atoms with E-state index in [-0.39, 0.29) is 0 Å². The molecule has 0 amide bonds. The Morgan fingerprint density at radius 3 is 2.48 bits per heavy atom. The Kier molecular flexibility index (Phi) is 5.27. The van der Waals surface area contributed by atoms with Crippen molar-refractivity contribution in [2.24, 2.45) is 5.10 Å². The zero-order valence-electron chi connectivity index (χ0n) is 13.6. The Morgan fingerprint density at radius 2 is 1.74 bits per heavy atom. The number of hydrazone groups is 1. The molecule has 1 saturated heterocycles. The predicted octanol–water partition coefficient (Wildman–Crippen LogP) is 1.43. The largest absolute Gasteiger partial charge is 0.496 e. The van der Waals surface area contributed by atoms with Crippen LogP contribution in [0.25, 0.3) is 0 Å². The van der Waals surface area contributed by atoms with Crippen LogP contribution in [0.4, 0.5) is 0 Å². The van der Waals surface area contributed by atoms with Crippen LogP contribution in [0.3, 0.4) is 0 Å². The van der Waals surface area contributed by atoms with Gasteiger partial charge in [-0.2, -0.15) is 5.10 Å². The summed E-state index contributed by atoms with van der Waals surface area (Å²) in [6.45, 7) is 5.34. The second-order valence-corrected chi connectivity index (χ2v) is 5.85. The molecule has 2 aromatic carbocycles. The molecule has 1 fully saturated rings. The molecule has 0 radical (unpaired) electrons. The number of quaternary nitrogens is 1. The number of rotatable bonds is 5. The van der Waals surface area contributed by atoms with E-state index in [2.05, 4.69) is 40.4 Å². The van der Waals surface area contributed by atoms with Gasteiger partial charge in [0.2, 0.25) is 0 Å². The van der Waals surface area contributed by atoms with Crippen molar-refractivity contribution in [3.8, 4) is 5.75 Å². The van der Waals surface area contributed by atoms with E-state index in [9.17, 15) is 0 Å². The van der Waals surface area contributed by atoms with Gasteiger partial charge in [-0.3, -0.25) is 5.01 Å². The van der Waals surface area contributed by atoms with Gasteiger partial charge in [-0.1, -0.05) is 42.5 Å². The fourth-order valence-electron chi connectivity index (χ4n) is 2.90. The van der Waals surface area contributed by atoms with E-state index in [4.69, 9.17) is 4.74 Å². The van der Waals surface area contributed by atoms with Gasteiger partial charge in [0.15, 0.2) is 0 Å². The minimum atomic E-state index is 0.865. The molecule has 1 heterocycles. The van der Waals surface area contributed by atoms with E-state index in [0.29, 0.717) is 0 Å². The van der Waals surface area contributed by atoms with Crippen LogP contribution in [0.15, 0.2) is 59.7 Å². The normalized spacial score (nSPS) is 16.0. The third kappa shape index (κ3) is 4.33. The van der Waals surface area contributed by atoms with E-state index in [1.54, 1.807) is 12.0 Å². The van der Waals surface area contributed by atoms with Crippen LogP contribution in [0.2, 0.25) is 0 Å². The average molecular weight is 310 g/mol. The van der Waals surface area contributed by atoms with Crippen LogP contribution in [0, 0.1) is 0 Å². The van der Waals surface area contributed by atoms with Crippen LogP contribution >= 0.6 is 0 Å². The summed E-state index contributed by atoms with van der Waals surface area (Å²) in [5.74, 6) is 0.865. The molecule has 120 valence electrons. The lowest BCUT2D eigenvalue weighted by molar-refractivity contribution is -0.918. The molecule has 0 atom stereocenters. The van der Waals surface area contributed by atoms with Crippen LogP contribution < -0.4 is 9.64 Å². The summed E-state index contributed by atoms with van der Waals surface area (Å²) in [4.78, 5) is 1.62. The molecular weight excluding hydrogens is 286 g/mol. The number of para-hydroxylation sites is 1. The van der Waals surface area contributed by atoms with Crippen LogP contribution in [0.1, 0.15) is 11.1 Å². The number of hydrogen-bond acceptors (Lipinski definition) is 3. The quantitative estimate of drug-likeness (QED) is 0.847. The molecule has 0 unspecified atom stereocenters. The molecule has 4 nitrogen and oxygen atoms in total. The summed E-state index contributed by atoms with van der Waals surface area (Å²) in [6, 6.07) is 18.7. The van der Waals surface area contributed by atoms with Crippen molar-refractivity contribution >= 4 is 6.21 Å². The highest BCUT2D eigenvalue weighted by atomic mass is 16.5. The fraction of sp³-hybridized carbons (Fsp3) is 0.316. The van der Waals surface area contributed by atoms with E-state index in [1.165, 1.54) is 5.56 Å². The Labute approximate surface area is 138 Å². The maximum atomic E-state index is 5.35. The van der Waals surface area contributed by atoms with Gasteiger partial charge in [-0.15, -0.1) is 0 Å². The predicted molar refractivity (Wildman–Crippen MR) is 93.0 cm³/mol. The summed E-state index contributed by atoms with van der Waals surface area (Å²) in [7, 11) is 1.69. The van der Waals surface area contributed by atoms with Gasteiger partial charge < -0.3 is 9.64 Å². The van der Waals surface area contributed by atoms with Gasteiger partial charge in [-0.25, -0.2) is 0 Å². The number of piperazine rings is 1. The lowest BCUT2D eigenvalue weighted by Crippen LogP contribution is -3.13. The number of nitrogens with zero attached hydrogens (tertiary/aromatic N) is 2. The first-order valence-electron chi connectivity index (χ1n) is 8.14. The van der Waals surface area contributed by atoms with Gasteiger partial charge in [-0.05, 0) is 12.1 Å². The van der Waals surface area contributed by atoms with Crippen molar-refractivity contribution in [2.75, 3.05) is 33.3 Å².